The van der Waals surface area contributed by atoms with E-state index in [0.717, 1.165) is 10.9 Å². The Morgan fingerprint density at radius 1 is 1.08 bits per heavy atom. The molecule has 0 saturated heterocycles. The van der Waals surface area contributed by atoms with E-state index in [1.54, 1.807) is 30.3 Å². The number of fused-ring (bicyclic) bond motifs is 1. The number of carbonyl (C=O) groups is 2. The molecule has 2 amide bonds. The minimum atomic E-state index is -0.370. The Hall–Kier alpha value is -2.83. The fourth-order valence-corrected chi connectivity index (χ4v) is 2.79. The van der Waals surface area contributed by atoms with Crippen LogP contribution in [0, 0.1) is 6.92 Å². The third kappa shape index (κ3) is 3.71. The quantitative estimate of drug-likeness (QED) is 0.702. The molecule has 0 atom stereocenters. The van der Waals surface area contributed by atoms with Crippen molar-refractivity contribution in [3.05, 3.63) is 58.8 Å². The van der Waals surface area contributed by atoms with E-state index in [9.17, 15) is 9.59 Å². The van der Waals surface area contributed by atoms with Crippen molar-refractivity contribution >= 4 is 45.8 Å². The molecule has 0 spiro atoms. The summed E-state index contributed by atoms with van der Waals surface area (Å²) in [5.41, 5.74) is 2.40. The van der Waals surface area contributed by atoms with Crippen molar-refractivity contribution in [2.45, 2.75) is 6.92 Å². The van der Waals surface area contributed by atoms with Gasteiger partial charge in [0.15, 0.2) is 11.3 Å². The fraction of sp³-hybridized carbons (Fsp3) is 0.158. The summed E-state index contributed by atoms with van der Waals surface area (Å²) in [6, 6.07) is 12.1. The second-order valence-electron chi connectivity index (χ2n) is 5.69. The number of para-hydroxylation sites is 1. The Morgan fingerprint density at radius 2 is 1.73 bits per heavy atom. The molecule has 1 aromatic heterocycles. The molecule has 6 nitrogen and oxygen atoms in total. The molecule has 3 aromatic rings. The Morgan fingerprint density at radius 3 is 2.35 bits per heavy atom. The lowest BCUT2D eigenvalue weighted by molar-refractivity contribution is -0.119. The molecule has 0 unspecified atom stereocenters. The van der Waals surface area contributed by atoms with Gasteiger partial charge in [-0.25, -0.2) is 0 Å². The van der Waals surface area contributed by atoms with Crippen LogP contribution in [-0.2, 0) is 9.53 Å². The summed E-state index contributed by atoms with van der Waals surface area (Å²) in [5, 5.41) is 6.71. The number of amides is 2. The number of hydrogen-bond acceptors (Lipinski definition) is 4. The zero-order chi connectivity index (χ0) is 18.7. The van der Waals surface area contributed by atoms with Crippen LogP contribution in [0.2, 0.25) is 5.02 Å². The lowest BCUT2D eigenvalue weighted by Gasteiger charge is -2.07. The molecular formula is C19H17ClN2O4. The average molecular weight is 373 g/mol. The molecule has 7 heteroatoms. The fourth-order valence-electron chi connectivity index (χ4n) is 2.58. The number of halogens is 1. The first-order valence-electron chi connectivity index (χ1n) is 7.87. The molecule has 134 valence electrons. The molecule has 0 aliphatic heterocycles. The van der Waals surface area contributed by atoms with Crippen LogP contribution in [0.25, 0.3) is 11.0 Å². The highest BCUT2D eigenvalue weighted by Gasteiger charge is 2.19. The maximum Gasteiger partial charge on any atom is 0.291 e. The standard InChI is InChI=1S/C19H17ClN2O4/c1-11-14-4-3-5-15(20)18(14)26-17(11)19(24)22-13-8-6-12(7-9-13)21-16(23)10-25-2/h3-9H,10H2,1-2H3,(H,21,23)(H,22,24). The van der Waals surface area contributed by atoms with Gasteiger partial charge in [-0.1, -0.05) is 23.7 Å². The largest absolute Gasteiger partial charge is 0.449 e. The van der Waals surface area contributed by atoms with Gasteiger partial charge in [0, 0.05) is 29.4 Å². The van der Waals surface area contributed by atoms with Gasteiger partial charge in [0.25, 0.3) is 5.91 Å². The molecule has 3 rings (SSSR count). The summed E-state index contributed by atoms with van der Waals surface area (Å²) < 4.78 is 10.4. The first-order chi connectivity index (χ1) is 12.5. The molecule has 26 heavy (non-hydrogen) atoms. The maximum absolute atomic E-state index is 12.5. The monoisotopic (exact) mass is 372 g/mol. The van der Waals surface area contributed by atoms with Gasteiger partial charge in [0.2, 0.25) is 5.91 Å². The first kappa shape index (κ1) is 18.0. The molecule has 0 aliphatic carbocycles. The summed E-state index contributed by atoms with van der Waals surface area (Å²) in [6.45, 7) is 1.79. The van der Waals surface area contributed by atoms with Crippen molar-refractivity contribution in [3.63, 3.8) is 0 Å². The van der Waals surface area contributed by atoms with E-state index in [2.05, 4.69) is 10.6 Å². The van der Waals surface area contributed by atoms with Crippen molar-refractivity contribution < 1.29 is 18.7 Å². The van der Waals surface area contributed by atoms with Crippen LogP contribution in [0.5, 0.6) is 0 Å². The van der Waals surface area contributed by atoms with Crippen molar-refractivity contribution in [2.75, 3.05) is 24.4 Å². The number of benzene rings is 2. The third-order valence-electron chi connectivity index (χ3n) is 3.82. The molecule has 0 aliphatic rings. The number of rotatable bonds is 5. The van der Waals surface area contributed by atoms with E-state index < -0.39 is 0 Å². The molecule has 0 radical (unpaired) electrons. The van der Waals surface area contributed by atoms with E-state index >= 15 is 0 Å². The van der Waals surface area contributed by atoms with Gasteiger partial charge in [-0.05, 0) is 37.3 Å². The number of methoxy groups -OCH3 is 1. The highest BCUT2D eigenvalue weighted by Crippen LogP contribution is 2.31. The van der Waals surface area contributed by atoms with Gasteiger partial charge < -0.3 is 19.8 Å². The van der Waals surface area contributed by atoms with Gasteiger partial charge in [-0.3, -0.25) is 9.59 Å². The second-order valence-corrected chi connectivity index (χ2v) is 6.09. The Labute approximate surface area is 155 Å². The Balaban J connectivity index is 1.75. The SMILES string of the molecule is COCC(=O)Nc1ccc(NC(=O)c2oc3c(Cl)cccc3c2C)cc1. The van der Waals surface area contributed by atoms with Crippen molar-refractivity contribution in [3.8, 4) is 0 Å². The maximum atomic E-state index is 12.5. The number of carbonyl (C=O) groups excluding carboxylic acids is 2. The molecule has 1 heterocycles. The molecule has 2 aromatic carbocycles. The Bertz CT molecular complexity index is 964. The predicted octanol–water partition coefficient (Wildman–Crippen LogP) is 4.23. The van der Waals surface area contributed by atoms with E-state index in [-0.39, 0.29) is 24.2 Å². The van der Waals surface area contributed by atoms with E-state index in [1.165, 1.54) is 7.11 Å². The van der Waals surface area contributed by atoms with Gasteiger partial charge in [-0.15, -0.1) is 0 Å². The lowest BCUT2D eigenvalue weighted by Crippen LogP contribution is -2.17. The number of nitrogens with one attached hydrogen (secondary N) is 2. The molecule has 0 fully saturated rings. The van der Waals surface area contributed by atoms with Gasteiger partial charge in [-0.2, -0.15) is 0 Å². The minimum absolute atomic E-state index is 0.0215. The van der Waals surface area contributed by atoms with Crippen LogP contribution in [0.4, 0.5) is 11.4 Å². The zero-order valence-electron chi connectivity index (χ0n) is 14.3. The highest BCUT2D eigenvalue weighted by atomic mass is 35.5. The highest BCUT2D eigenvalue weighted by molar-refractivity contribution is 6.35. The van der Waals surface area contributed by atoms with Crippen LogP contribution in [0.1, 0.15) is 16.1 Å². The first-order valence-corrected chi connectivity index (χ1v) is 8.25. The summed E-state index contributed by atoms with van der Waals surface area (Å²) in [7, 11) is 1.45. The van der Waals surface area contributed by atoms with E-state index in [0.29, 0.717) is 22.0 Å². The second kappa shape index (κ2) is 7.59. The topological polar surface area (TPSA) is 80.6 Å². The van der Waals surface area contributed by atoms with Crippen LogP contribution in [-0.4, -0.2) is 25.5 Å². The summed E-state index contributed by atoms with van der Waals surface area (Å²) in [4.78, 5) is 24.0. The van der Waals surface area contributed by atoms with Gasteiger partial charge >= 0.3 is 0 Å². The van der Waals surface area contributed by atoms with Crippen LogP contribution in [0.15, 0.2) is 46.9 Å². The predicted molar refractivity (Wildman–Crippen MR) is 101 cm³/mol. The van der Waals surface area contributed by atoms with Gasteiger partial charge in [0.05, 0.1) is 5.02 Å². The molecule has 0 bridgehead atoms. The summed E-state index contributed by atoms with van der Waals surface area (Å²) >= 11 is 6.12. The zero-order valence-corrected chi connectivity index (χ0v) is 15.0. The Kier molecular flexibility index (Phi) is 5.25. The third-order valence-corrected chi connectivity index (χ3v) is 4.12. The van der Waals surface area contributed by atoms with E-state index in [1.807, 2.05) is 19.1 Å². The van der Waals surface area contributed by atoms with Crippen molar-refractivity contribution in [1.29, 1.82) is 0 Å². The van der Waals surface area contributed by atoms with E-state index in [4.69, 9.17) is 20.8 Å². The lowest BCUT2D eigenvalue weighted by atomic mass is 10.1. The van der Waals surface area contributed by atoms with Crippen LogP contribution >= 0.6 is 11.6 Å². The smallest absolute Gasteiger partial charge is 0.291 e. The normalized spacial score (nSPS) is 10.7. The average Bonchev–Trinajstić information content (AvgIpc) is 2.95. The number of furan rings is 1. The minimum Gasteiger partial charge on any atom is -0.449 e. The molecular weight excluding hydrogens is 356 g/mol. The number of hydrogen-bond donors (Lipinski definition) is 2. The number of aryl methyl sites for hydroxylation is 1. The number of ether oxygens (including phenoxy) is 1. The number of anilines is 2. The van der Waals surface area contributed by atoms with Crippen LogP contribution in [0.3, 0.4) is 0 Å². The van der Waals surface area contributed by atoms with Crippen LogP contribution < -0.4 is 10.6 Å². The molecule has 2 N–H and O–H groups in total. The summed E-state index contributed by atoms with van der Waals surface area (Å²) in [5.74, 6) is -0.407. The summed E-state index contributed by atoms with van der Waals surface area (Å²) in [6.07, 6.45) is 0. The molecule has 0 saturated carbocycles. The van der Waals surface area contributed by atoms with Crippen molar-refractivity contribution in [1.82, 2.24) is 0 Å². The van der Waals surface area contributed by atoms with Crippen molar-refractivity contribution in [2.24, 2.45) is 0 Å². The van der Waals surface area contributed by atoms with Gasteiger partial charge in [0.1, 0.15) is 6.61 Å².